The average Bonchev–Trinajstić information content (AvgIpc) is 1.64. The zero-order chi connectivity index (χ0) is 6.73. The minimum Gasteiger partial charge on any atom is -0.345 e. The lowest BCUT2D eigenvalue weighted by Gasteiger charge is -2.15. The SMILES string of the molecule is CC(N(C)C)[PH](=O)O.Cl.N. The average molecular weight is 191 g/mol. The Kier molecular flexibility index (Phi) is 12.6. The van der Waals surface area contributed by atoms with Crippen LogP contribution in [0.4, 0.5) is 0 Å². The van der Waals surface area contributed by atoms with Crippen LogP contribution in [0.2, 0.25) is 0 Å². The van der Waals surface area contributed by atoms with E-state index in [9.17, 15) is 4.57 Å². The van der Waals surface area contributed by atoms with Gasteiger partial charge in [-0.25, -0.2) is 0 Å². The Balaban J connectivity index is -0.000000245. The van der Waals surface area contributed by atoms with Gasteiger partial charge >= 0.3 is 0 Å². The summed E-state index contributed by atoms with van der Waals surface area (Å²) in [5, 5.41) is 0. The Morgan fingerprint density at radius 2 is 1.80 bits per heavy atom. The lowest BCUT2D eigenvalue weighted by Crippen LogP contribution is -2.20. The maximum atomic E-state index is 10.3. The van der Waals surface area contributed by atoms with E-state index in [0.717, 1.165) is 0 Å². The summed E-state index contributed by atoms with van der Waals surface area (Å²) in [6, 6.07) is 0. The van der Waals surface area contributed by atoms with E-state index in [-0.39, 0.29) is 24.3 Å². The van der Waals surface area contributed by atoms with Gasteiger partial charge in [0.1, 0.15) is 0 Å². The largest absolute Gasteiger partial charge is 0.345 e. The van der Waals surface area contributed by atoms with Crippen LogP contribution in [0.1, 0.15) is 6.92 Å². The minimum atomic E-state index is -2.34. The number of nitrogens with zero attached hydrogens (tertiary/aromatic N) is 1. The maximum absolute atomic E-state index is 10.3. The molecule has 0 aliphatic heterocycles. The highest BCUT2D eigenvalue weighted by molar-refractivity contribution is 7.38. The normalized spacial score (nSPS) is 14.9. The van der Waals surface area contributed by atoms with E-state index in [1.807, 2.05) is 0 Å². The fourth-order valence-corrected chi connectivity index (χ4v) is 0.663. The Labute approximate surface area is 68.5 Å². The molecule has 4 N–H and O–H groups in total. The van der Waals surface area contributed by atoms with Crippen molar-refractivity contribution in [2.24, 2.45) is 0 Å². The van der Waals surface area contributed by atoms with Gasteiger partial charge in [-0.1, -0.05) is 0 Å². The third kappa shape index (κ3) is 6.52. The van der Waals surface area contributed by atoms with Crippen molar-refractivity contribution in [1.82, 2.24) is 11.1 Å². The summed E-state index contributed by atoms with van der Waals surface area (Å²) in [5.41, 5.74) is 0. The van der Waals surface area contributed by atoms with Gasteiger partial charge in [-0.05, 0) is 21.0 Å². The molecular formula is C4H16ClN2O2P. The van der Waals surface area contributed by atoms with Gasteiger partial charge in [0.2, 0.25) is 8.03 Å². The maximum Gasteiger partial charge on any atom is 0.205 e. The second-order valence-corrected chi connectivity index (χ2v) is 3.49. The number of hydrogen-bond donors (Lipinski definition) is 2. The van der Waals surface area contributed by atoms with Crippen molar-refractivity contribution in [3.05, 3.63) is 0 Å². The molecule has 0 spiro atoms. The fraction of sp³-hybridized carbons (Fsp3) is 1.00. The van der Waals surface area contributed by atoms with Crippen LogP contribution in [0, 0.1) is 0 Å². The summed E-state index contributed by atoms with van der Waals surface area (Å²) in [7, 11) is 1.23. The van der Waals surface area contributed by atoms with Gasteiger partial charge in [0.05, 0.1) is 5.78 Å². The van der Waals surface area contributed by atoms with Crippen LogP contribution in [-0.2, 0) is 4.57 Å². The molecule has 2 atom stereocenters. The van der Waals surface area contributed by atoms with Crippen molar-refractivity contribution in [2.45, 2.75) is 12.7 Å². The van der Waals surface area contributed by atoms with Crippen molar-refractivity contribution < 1.29 is 9.46 Å². The van der Waals surface area contributed by atoms with Gasteiger partial charge in [-0.15, -0.1) is 12.4 Å². The highest BCUT2D eigenvalue weighted by Crippen LogP contribution is 2.22. The van der Waals surface area contributed by atoms with Crippen molar-refractivity contribution in [3.63, 3.8) is 0 Å². The summed E-state index contributed by atoms with van der Waals surface area (Å²) in [4.78, 5) is 10.2. The van der Waals surface area contributed by atoms with E-state index in [4.69, 9.17) is 4.89 Å². The van der Waals surface area contributed by atoms with Gasteiger partial charge in [0, 0.05) is 0 Å². The summed E-state index contributed by atoms with van der Waals surface area (Å²) >= 11 is 0. The van der Waals surface area contributed by atoms with E-state index >= 15 is 0 Å². The molecule has 4 nitrogen and oxygen atoms in total. The lowest BCUT2D eigenvalue weighted by molar-refractivity contribution is 0.361. The first-order valence-corrected chi connectivity index (χ1v) is 3.88. The number of rotatable bonds is 2. The summed E-state index contributed by atoms with van der Waals surface area (Å²) in [6.45, 7) is 1.72. The van der Waals surface area contributed by atoms with Crippen LogP contribution < -0.4 is 6.15 Å². The molecule has 2 unspecified atom stereocenters. The predicted molar refractivity (Wildman–Crippen MR) is 46.6 cm³/mol. The van der Waals surface area contributed by atoms with E-state index in [1.54, 1.807) is 25.9 Å². The van der Waals surface area contributed by atoms with E-state index in [0.29, 0.717) is 0 Å². The van der Waals surface area contributed by atoms with Crippen molar-refractivity contribution in [1.29, 1.82) is 0 Å². The summed E-state index contributed by atoms with van der Waals surface area (Å²) in [6.07, 6.45) is 0. The smallest absolute Gasteiger partial charge is 0.205 e. The van der Waals surface area contributed by atoms with Gasteiger partial charge in [-0.2, -0.15) is 0 Å². The van der Waals surface area contributed by atoms with E-state index in [2.05, 4.69) is 0 Å². The van der Waals surface area contributed by atoms with Crippen LogP contribution in [0.5, 0.6) is 0 Å². The Hall–Kier alpha value is 0.400. The van der Waals surface area contributed by atoms with Gasteiger partial charge in [0.25, 0.3) is 0 Å². The van der Waals surface area contributed by atoms with Gasteiger partial charge in [0.15, 0.2) is 0 Å². The summed E-state index contributed by atoms with van der Waals surface area (Å²) in [5.74, 6) is -0.194. The summed E-state index contributed by atoms with van der Waals surface area (Å²) < 4.78 is 10.3. The zero-order valence-electron chi connectivity index (χ0n) is 6.50. The molecule has 0 aliphatic carbocycles. The molecule has 0 aromatic carbocycles. The highest BCUT2D eigenvalue weighted by atomic mass is 35.5. The third-order valence-electron chi connectivity index (χ3n) is 1.13. The van der Waals surface area contributed by atoms with E-state index < -0.39 is 8.03 Å². The number of halogens is 1. The third-order valence-corrected chi connectivity index (χ3v) is 2.36. The first-order valence-electron chi connectivity index (χ1n) is 2.45. The van der Waals surface area contributed by atoms with Crippen LogP contribution in [0.3, 0.4) is 0 Å². The molecular weight excluding hydrogens is 174 g/mol. The Morgan fingerprint density at radius 1 is 1.50 bits per heavy atom. The molecule has 66 valence electrons. The topological polar surface area (TPSA) is 75.5 Å². The van der Waals surface area contributed by atoms with Crippen molar-refractivity contribution in [3.8, 4) is 0 Å². The fourth-order valence-electron chi connectivity index (χ4n) is 0.221. The molecule has 0 rings (SSSR count). The molecule has 0 amide bonds. The Morgan fingerprint density at radius 3 is 1.80 bits per heavy atom. The van der Waals surface area contributed by atoms with Crippen LogP contribution in [0.15, 0.2) is 0 Å². The van der Waals surface area contributed by atoms with Crippen LogP contribution in [0.25, 0.3) is 0 Å². The number of hydrogen-bond acceptors (Lipinski definition) is 3. The first kappa shape index (κ1) is 16.8. The molecule has 0 saturated carbocycles. The van der Waals surface area contributed by atoms with Crippen molar-refractivity contribution >= 4 is 20.4 Å². The second kappa shape index (κ2) is 7.51. The van der Waals surface area contributed by atoms with E-state index in [1.165, 1.54) is 0 Å². The van der Waals surface area contributed by atoms with Crippen LogP contribution in [-0.4, -0.2) is 29.7 Å². The quantitative estimate of drug-likeness (QED) is 0.636. The first-order chi connectivity index (χ1) is 3.55. The lowest BCUT2D eigenvalue weighted by atomic mass is 10.7. The molecule has 0 saturated heterocycles. The molecule has 10 heavy (non-hydrogen) atoms. The minimum absolute atomic E-state index is 0. The van der Waals surface area contributed by atoms with Gasteiger partial charge in [-0.3, -0.25) is 9.46 Å². The highest BCUT2D eigenvalue weighted by Gasteiger charge is 2.07. The molecule has 0 radical (unpaired) electrons. The second-order valence-electron chi connectivity index (χ2n) is 1.98. The molecule has 0 fully saturated rings. The Bertz CT molecular complexity index is 101. The predicted octanol–water partition coefficient (Wildman–Crippen LogP) is 0.945. The molecule has 0 heterocycles. The van der Waals surface area contributed by atoms with Gasteiger partial charge < -0.3 is 11.0 Å². The standard InChI is InChI=1S/C4H12NO2P.ClH.H3N/c1-4(5(2)3)8(6)7;;/h4,8H,1-3H3,(H,6,7);1H;1H3. The molecule has 6 heteroatoms. The van der Waals surface area contributed by atoms with Crippen LogP contribution >= 0.6 is 20.4 Å². The van der Waals surface area contributed by atoms with Crippen molar-refractivity contribution in [2.75, 3.05) is 14.1 Å². The molecule has 0 bridgehead atoms. The molecule has 0 aromatic heterocycles. The zero-order valence-corrected chi connectivity index (χ0v) is 8.31. The monoisotopic (exact) mass is 190 g/mol. The molecule has 0 aliphatic rings. The molecule has 0 aromatic rings.